The van der Waals surface area contributed by atoms with Crippen molar-refractivity contribution in [2.75, 3.05) is 19.6 Å². The number of carbonyl (C=O) groups is 1. The van der Waals surface area contributed by atoms with E-state index in [0.29, 0.717) is 25.3 Å². The van der Waals surface area contributed by atoms with Gasteiger partial charge >= 0.3 is 0 Å². The monoisotopic (exact) mass is 387 g/mol. The molecule has 0 aromatic carbocycles. The molecule has 1 heterocycles. The van der Waals surface area contributed by atoms with Crippen LogP contribution in [0.1, 0.15) is 59.8 Å². The molecule has 0 aromatic rings. The van der Waals surface area contributed by atoms with E-state index in [1.165, 1.54) is 36.1 Å². The third kappa shape index (κ3) is 3.94. The lowest BCUT2D eigenvalue weighted by molar-refractivity contribution is -0.142. The summed E-state index contributed by atoms with van der Waals surface area (Å²) >= 11 is 0. The maximum Gasteiger partial charge on any atom is 0.260 e. The third-order valence-electron chi connectivity index (χ3n) is 6.59. The molecule has 3 rings (SSSR count). The van der Waals surface area contributed by atoms with E-state index in [0.717, 1.165) is 18.8 Å². The summed E-state index contributed by atoms with van der Waals surface area (Å²) in [5, 5.41) is 0. The molecule has 2 saturated carbocycles. The van der Waals surface area contributed by atoms with Gasteiger partial charge in [0.1, 0.15) is 0 Å². The van der Waals surface area contributed by atoms with Crippen molar-refractivity contribution in [3.63, 3.8) is 0 Å². The highest BCUT2D eigenvalue weighted by atomic mass is 19.1. The van der Waals surface area contributed by atoms with E-state index in [1.807, 2.05) is 13.8 Å². The van der Waals surface area contributed by atoms with Crippen LogP contribution in [-0.4, -0.2) is 52.8 Å². The topological polar surface area (TPSA) is 35.9 Å². The highest BCUT2D eigenvalue weighted by Crippen LogP contribution is 2.42. The maximum absolute atomic E-state index is 14.3. The van der Waals surface area contributed by atoms with E-state index < -0.39 is 5.67 Å². The molecule has 0 aromatic heterocycles. The Hall–Kier alpha value is -1.91. The number of nitrogens with zero attached hydrogens (tertiary/aromatic N) is 3. The first-order valence-electron chi connectivity index (χ1n) is 10.6. The summed E-state index contributed by atoms with van der Waals surface area (Å²) in [6.45, 7) is 14.1. The Balaban J connectivity index is 1.84. The number of piperazine rings is 1. The van der Waals surface area contributed by atoms with Gasteiger partial charge in [0.25, 0.3) is 5.91 Å². The SMILES string of the molecule is C=CN=C(C)C(/C(=C\C)C1CCC1)=C(\C)N1CCN(C(=O)C2(F)CC2)C(C)C1. The van der Waals surface area contributed by atoms with Crippen molar-refractivity contribution in [1.29, 1.82) is 0 Å². The normalized spacial score (nSPS) is 26.5. The van der Waals surface area contributed by atoms with Crippen LogP contribution in [0.15, 0.2) is 40.7 Å². The first-order chi connectivity index (χ1) is 13.3. The van der Waals surface area contributed by atoms with Gasteiger partial charge in [-0.05, 0) is 64.9 Å². The molecule has 2 aliphatic carbocycles. The number of hydrogen-bond acceptors (Lipinski definition) is 3. The molecule has 28 heavy (non-hydrogen) atoms. The van der Waals surface area contributed by atoms with Gasteiger partial charge in [-0.1, -0.05) is 19.1 Å². The zero-order chi connectivity index (χ0) is 20.5. The van der Waals surface area contributed by atoms with E-state index in [9.17, 15) is 9.18 Å². The van der Waals surface area contributed by atoms with Crippen LogP contribution in [0.3, 0.4) is 0 Å². The zero-order valence-corrected chi connectivity index (χ0v) is 17.8. The van der Waals surface area contributed by atoms with Crippen LogP contribution in [0, 0.1) is 5.92 Å². The van der Waals surface area contributed by atoms with Gasteiger partial charge in [-0.3, -0.25) is 9.79 Å². The lowest BCUT2D eigenvalue weighted by Crippen LogP contribution is -2.55. The highest BCUT2D eigenvalue weighted by molar-refractivity contribution is 6.03. The lowest BCUT2D eigenvalue weighted by Gasteiger charge is -2.43. The quantitative estimate of drug-likeness (QED) is 0.491. The summed E-state index contributed by atoms with van der Waals surface area (Å²) in [5.74, 6) is 0.293. The number of halogens is 1. The van der Waals surface area contributed by atoms with Crippen molar-refractivity contribution in [2.24, 2.45) is 10.9 Å². The third-order valence-corrected chi connectivity index (χ3v) is 6.59. The largest absolute Gasteiger partial charge is 0.371 e. The Morgan fingerprint density at radius 3 is 2.39 bits per heavy atom. The summed E-state index contributed by atoms with van der Waals surface area (Å²) in [7, 11) is 0. The summed E-state index contributed by atoms with van der Waals surface area (Å²) in [6, 6.07) is 0.0000770. The number of alkyl halides is 1. The second-order valence-corrected chi connectivity index (χ2v) is 8.49. The molecule has 1 amide bonds. The van der Waals surface area contributed by atoms with Gasteiger partial charge in [-0.2, -0.15) is 0 Å². The first-order valence-corrected chi connectivity index (χ1v) is 10.6. The number of rotatable bonds is 6. The molecule has 154 valence electrons. The Morgan fingerprint density at radius 2 is 1.93 bits per heavy atom. The van der Waals surface area contributed by atoms with Crippen molar-refractivity contribution in [2.45, 2.75) is 71.5 Å². The van der Waals surface area contributed by atoms with Crippen molar-refractivity contribution in [1.82, 2.24) is 9.80 Å². The van der Waals surface area contributed by atoms with Gasteiger partial charge in [0, 0.05) is 48.9 Å². The molecule has 1 aliphatic heterocycles. The number of carbonyl (C=O) groups excluding carboxylic acids is 1. The first kappa shape index (κ1) is 20.8. The Labute approximate surface area is 168 Å². The fraction of sp³-hybridized carbons (Fsp3) is 0.652. The predicted molar refractivity (Wildman–Crippen MR) is 113 cm³/mol. The van der Waals surface area contributed by atoms with Crippen molar-refractivity contribution in [3.8, 4) is 0 Å². The summed E-state index contributed by atoms with van der Waals surface area (Å²) in [4.78, 5) is 21.0. The summed E-state index contributed by atoms with van der Waals surface area (Å²) in [5.41, 5.74) is 3.19. The molecule has 4 nitrogen and oxygen atoms in total. The predicted octanol–water partition coefficient (Wildman–Crippen LogP) is 4.65. The van der Waals surface area contributed by atoms with Crippen LogP contribution in [0.2, 0.25) is 0 Å². The molecule has 1 unspecified atom stereocenters. The van der Waals surface area contributed by atoms with Crippen molar-refractivity contribution < 1.29 is 9.18 Å². The lowest BCUT2D eigenvalue weighted by atomic mass is 9.75. The van der Waals surface area contributed by atoms with Gasteiger partial charge in [0.05, 0.1) is 0 Å². The average Bonchev–Trinajstić information content (AvgIpc) is 3.37. The summed E-state index contributed by atoms with van der Waals surface area (Å²) < 4.78 is 14.3. The van der Waals surface area contributed by atoms with E-state index in [1.54, 1.807) is 11.1 Å². The van der Waals surface area contributed by atoms with E-state index in [2.05, 4.69) is 36.4 Å². The summed E-state index contributed by atoms with van der Waals surface area (Å²) in [6.07, 6.45) is 8.34. The van der Waals surface area contributed by atoms with Gasteiger partial charge in [-0.25, -0.2) is 4.39 Å². The standard InChI is InChI=1S/C23H34FN3O/c1-6-20(19-9-8-10-19)21(17(4)25-7-2)18(5)26-13-14-27(16(3)15-26)22(28)23(24)11-12-23/h6-7,16,19H,2,8-15H2,1,3-5H3/b20-6-,21-18-,25-17?. The van der Waals surface area contributed by atoms with Gasteiger partial charge in [-0.15, -0.1) is 0 Å². The molecule has 0 radical (unpaired) electrons. The van der Waals surface area contributed by atoms with E-state index >= 15 is 0 Å². The molecule has 3 aliphatic rings. The molecule has 0 N–H and O–H groups in total. The van der Waals surface area contributed by atoms with Crippen LogP contribution in [-0.2, 0) is 4.79 Å². The van der Waals surface area contributed by atoms with Gasteiger partial charge < -0.3 is 9.80 Å². The van der Waals surface area contributed by atoms with Crippen molar-refractivity contribution in [3.05, 3.63) is 35.7 Å². The highest BCUT2D eigenvalue weighted by Gasteiger charge is 2.53. The fourth-order valence-corrected chi connectivity index (χ4v) is 4.49. The molecule has 3 fully saturated rings. The minimum absolute atomic E-state index is 0.0000770. The Morgan fingerprint density at radius 1 is 1.25 bits per heavy atom. The molecule has 1 saturated heterocycles. The Bertz CT molecular complexity index is 728. The minimum atomic E-state index is -1.58. The molecule has 1 atom stereocenters. The van der Waals surface area contributed by atoms with Crippen LogP contribution in [0.4, 0.5) is 4.39 Å². The van der Waals surface area contributed by atoms with Gasteiger partial charge in [0.15, 0.2) is 5.67 Å². The Kier molecular flexibility index (Phi) is 6.11. The minimum Gasteiger partial charge on any atom is -0.371 e. The second kappa shape index (κ2) is 8.22. The van der Waals surface area contributed by atoms with Gasteiger partial charge in [0.2, 0.25) is 0 Å². The maximum atomic E-state index is 14.3. The van der Waals surface area contributed by atoms with Crippen LogP contribution >= 0.6 is 0 Å². The average molecular weight is 388 g/mol. The van der Waals surface area contributed by atoms with E-state index in [4.69, 9.17) is 0 Å². The smallest absolute Gasteiger partial charge is 0.260 e. The number of amides is 1. The van der Waals surface area contributed by atoms with Crippen molar-refractivity contribution >= 4 is 11.6 Å². The van der Waals surface area contributed by atoms with Crippen LogP contribution in [0.5, 0.6) is 0 Å². The molecular formula is C23H34FN3O. The number of aliphatic imine (C=N–C) groups is 1. The van der Waals surface area contributed by atoms with Crippen LogP contribution in [0.25, 0.3) is 0 Å². The fourth-order valence-electron chi connectivity index (χ4n) is 4.49. The number of allylic oxidation sites excluding steroid dienone is 4. The number of hydrogen-bond donors (Lipinski definition) is 0. The second-order valence-electron chi connectivity index (χ2n) is 8.49. The van der Waals surface area contributed by atoms with Crippen LogP contribution < -0.4 is 0 Å². The molecule has 0 spiro atoms. The zero-order valence-electron chi connectivity index (χ0n) is 17.8. The molecular weight excluding hydrogens is 353 g/mol. The van der Waals surface area contributed by atoms with E-state index in [-0.39, 0.29) is 11.9 Å². The molecule has 0 bridgehead atoms. The molecule has 5 heteroatoms.